The summed E-state index contributed by atoms with van der Waals surface area (Å²) in [6, 6.07) is 5.84. The van der Waals surface area contributed by atoms with Gasteiger partial charge in [-0.3, -0.25) is 4.79 Å². The Bertz CT molecular complexity index is 465. The Morgan fingerprint density at radius 1 is 1.58 bits per heavy atom. The maximum absolute atomic E-state index is 12.3. The van der Waals surface area contributed by atoms with Crippen molar-refractivity contribution in [1.82, 2.24) is 4.90 Å². The first kappa shape index (κ1) is 14.3. The highest BCUT2D eigenvalue weighted by Crippen LogP contribution is 2.24. The second-order valence-electron chi connectivity index (χ2n) is 4.88. The van der Waals surface area contributed by atoms with Crippen LogP contribution in [0.25, 0.3) is 0 Å². The smallest absolute Gasteiger partial charge is 0.227 e. The number of likely N-dealkylation sites (tertiary alicyclic amines) is 1. The number of methoxy groups -OCH3 is 1. The van der Waals surface area contributed by atoms with Gasteiger partial charge in [-0.05, 0) is 25.0 Å². The molecule has 0 radical (unpaired) electrons. The van der Waals surface area contributed by atoms with Gasteiger partial charge < -0.3 is 15.4 Å². The number of amides is 1. The number of halogens is 1. The largest absolute Gasteiger partial charge is 0.496 e. The van der Waals surface area contributed by atoms with Crippen LogP contribution in [0.2, 0.25) is 0 Å². The van der Waals surface area contributed by atoms with E-state index in [0.717, 1.165) is 35.2 Å². The van der Waals surface area contributed by atoms with Crippen LogP contribution in [-0.4, -0.2) is 37.0 Å². The van der Waals surface area contributed by atoms with Crippen LogP contribution in [0.4, 0.5) is 0 Å². The van der Waals surface area contributed by atoms with Gasteiger partial charge in [0.05, 0.1) is 13.5 Å². The van der Waals surface area contributed by atoms with Gasteiger partial charge >= 0.3 is 0 Å². The molecule has 1 heterocycles. The summed E-state index contributed by atoms with van der Waals surface area (Å²) in [5, 5.41) is 0. The summed E-state index contributed by atoms with van der Waals surface area (Å²) in [7, 11) is 1.62. The zero-order valence-electron chi connectivity index (χ0n) is 11.1. The molecule has 2 rings (SSSR count). The van der Waals surface area contributed by atoms with Gasteiger partial charge in [-0.15, -0.1) is 0 Å². The molecule has 5 heteroatoms. The number of piperidine rings is 1. The maximum Gasteiger partial charge on any atom is 0.227 e. The minimum Gasteiger partial charge on any atom is -0.496 e. The highest BCUT2D eigenvalue weighted by atomic mass is 79.9. The van der Waals surface area contributed by atoms with Crippen molar-refractivity contribution in [3.63, 3.8) is 0 Å². The van der Waals surface area contributed by atoms with E-state index in [-0.39, 0.29) is 11.9 Å². The van der Waals surface area contributed by atoms with Crippen LogP contribution in [-0.2, 0) is 11.2 Å². The van der Waals surface area contributed by atoms with Crippen LogP contribution in [0.1, 0.15) is 18.4 Å². The summed E-state index contributed by atoms with van der Waals surface area (Å²) < 4.78 is 6.26. The second kappa shape index (κ2) is 6.39. The molecule has 0 saturated carbocycles. The topological polar surface area (TPSA) is 55.6 Å². The molecule has 4 nitrogen and oxygen atoms in total. The average molecular weight is 327 g/mol. The van der Waals surface area contributed by atoms with Gasteiger partial charge in [0, 0.05) is 29.2 Å². The minimum atomic E-state index is 0.115. The van der Waals surface area contributed by atoms with E-state index in [4.69, 9.17) is 10.5 Å². The molecule has 1 amide bonds. The van der Waals surface area contributed by atoms with Crippen molar-refractivity contribution >= 4 is 21.8 Å². The Balaban J connectivity index is 2.06. The summed E-state index contributed by atoms with van der Waals surface area (Å²) in [6.07, 6.45) is 2.36. The lowest BCUT2D eigenvalue weighted by atomic mass is 10.0. The van der Waals surface area contributed by atoms with E-state index in [1.54, 1.807) is 7.11 Å². The zero-order chi connectivity index (χ0) is 13.8. The van der Waals surface area contributed by atoms with Gasteiger partial charge in [-0.1, -0.05) is 22.0 Å². The molecule has 1 fully saturated rings. The van der Waals surface area contributed by atoms with Crippen molar-refractivity contribution in [2.24, 2.45) is 5.73 Å². The van der Waals surface area contributed by atoms with Gasteiger partial charge in [0.2, 0.25) is 5.91 Å². The molecule has 0 aliphatic carbocycles. The number of hydrogen-bond donors (Lipinski definition) is 1. The van der Waals surface area contributed by atoms with E-state index >= 15 is 0 Å². The Hall–Kier alpha value is -1.07. The maximum atomic E-state index is 12.3. The molecular weight excluding hydrogens is 308 g/mol. The molecule has 2 N–H and O–H groups in total. The van der Waals surface area contributed by atoms with Crippen molar-refractivity contribution in [1.29, 1.82) is 0 Å². The summed E-state index contributed by atoms with van der Waals surface area (Å²) in [5.74, 6) is 0.861. The Labute approximate surface area is 122 Å². The number of nitrogens with zero attached hydrogens (tertiary/aromatic N) is 1. The number of hydrogen-bond acceptors (Lipinski definition) is 3. The van der Waals surface area contributed by atoms with Crippen molar-refractivity contribution in [3.8, 4) is 5.75 Å². The fraction of sp³-hybridized carbons (Fsp3) is 0.500. The lowest BCUT2D eigenvalue weighted by Crippen LogP contribution is -2.46. The second-order valence-corrected chi connectivity index (χ2v) is 5.79. The molecule has 1 aromatic carbocycles. The molecule has 1 atom stereocenters. The van der Waals surface area contributed by atoms with Gasteiger partial charge in [0.15, 0.2) is 0 Å². The summed E-state index contributed by atoms with van der Waals surface area (Å²) in [5.41, 5.74) is 6.82. The number of carbonyl (C=O) groups excluding carboxylic acids is 1. The number of ether oxygens (including phenoxy) is 1. The highest BCUT2D eigenvalue weighted by molar-refractivity contribution is 9.10. The van der Waals surface area contributed by atoms with Crippen molar-refractivity contribution in [3.05, 3.63) is 28.2 Å². The molecule has 1 aliphatic rings. The molecule has 0 bridgehead atoms. The Morgan fingerprint density at radius 2 is 2.37 bits per heavy atom. The Kier molecular flexibility index (Phi) is 4.82. The van der Waals surface area contributed by atoms with Crippen LogP contribution in [0, 0.1) is 0 Å². The van der Waals surface area contributed by atoms with Crippen LogP contribution in [0.3, 0.4) is 0 Å². The van der Waals surface area contributed by atoms with Gasteiger partial charge in [-0.25, -0.2) is 0 Å². The van der Waals surface area contributed by atoms with Gasteiger partial charge in [0.1, 0.15) is 5.75 Å². The molecule has 0 aromatic heterocycles. The predicted octanol–water partition coefficient (Wildman–Crippen LogP) is 1.95. The van der Waals surface area contributed by atoms with Crippen molar-refractivity contribution in [2.45, 2.75) is 25.3 Å². The zero-order valence-corrected chi connectivity index (χ0v) is 12.6. The van der Waals surface area contributed by atoms with E-state index in [9.17, 15) is 4.79 Å². The average Bonchev–Trinajstić information content (AvgIpc) is 2.40. The molecule has 1 aromatic rings. The normalized spacial score (nSPS) is 19.3. The number of carbonyl (C=O) groups is 1. The van der Waals surface area contributed by atoms with E-state index in [2.05, 4.69) is 15.9 Å². The third kappa shape index (κ3) is 3.70. The summed E-state index contributed by atoms with van der Waals surface area (Å²) in [4.78, 5) is 14.1. The molecule has 1 aliphatic heterocycles. The molecule has 104 valence electrons. The van der Waals surface area contributed by atoms with E-state index in [0.29, 0.717) is 13.0 Å². The van der Waals surface area contributed by atoms with E-state index in [1.165, 1.54) is 0 Å². The first-order chi connectivity index (χ1) is 9.10. The lowest BCUT2D eigenvalue weighted by Gasteiger charge is -2.31. The summed E-state index contributed by atoms with van der Waals surface area (Å²) >= 11 is 3.40. The first-order valence-electron chi connectivity index (χ1n) is 6.46. The third-order valence-corrected chi connectivity index (χ3v) is 3.89. The number of rotatable bonds is 3. The fourth-order valence-electron chi connectivity index (χ4n) is 2.38. The SMILES string of the molecule is COc1cc(Br)ccc1CC(=O)N1CCC[C@@H](N)C1. The lowest BCUT2D eigenvalue weighted by molar-refractivity contribution is -0.131. The molecule has 0 unspecified atom stereocenters. The number of nitrogens with two attached hydrogens (primary N) is 1. The molecule has 0 spiro atoms. The number of benzene rings is 1. The third-order valence-electron chi connectivity index (χ3n) is 3.40. The first-order valence-corrected chi connectivity index (χ1v) is 7.25. The molecule has 19 heavy (non-hydrogen) atoms. The standard InChI is InChI=1S/C14H19BrN2O2/c1-19-13-8-11(15)5-4-10(13)7-14(18)17-6-2-3-12(16)9-17/h4-5,8,12H,2-3,6-7,9,16H2,1H3/t12-/m1/s1. The molecular formula is C14H19BrN2O2. The van der Waals surface area contributed by atoms with Crippen LogP contribution >= 0.6 is 15.9 Å². The quantitative estimate of drug-likeness (QED) is 0.923. The van der Waals surface area contributed by atoms with Crippen LogP contribution < -0.4 is 10.5 Å². The monoisotopic (exact) mass is 326 g/mol. The van der Waals surface area contributed by atoms with Crippen molar-refractivity contribution < 1.29 is 9.53 Å². The highest BCUT2D eigenvalue weighted by Gasteiger charge is 2.22. The fourth-order valence-corrected chi connectivity index (χ4v) is 2.72. The minimum absolute atomic E-state index is 0.115. The Morgan fingerprint density at radius 3 is 3.05 bits per heavy atom. The van der Waals surface area contributed by atoms with Gasteiger partial charge in [0.25, 0.3) is 0 Å². The molecule has 1 saturated heterocycles. The van der Waals surface area contributed by atoms with Crippen LogP contribution in [0.5, 0.6) is 5.75 Å². The predicted molar refractivity (Wildman–Crippen MR) is 78.2 cm³/mol. The van der Waals surface area contributed by atoms with Crippen molar-refractivity contribution in [2.75, 3.05) is 20.2 Å². The van der Waals surface area contributed by atoms with E-state index < -0.39 is 0 Å². The van der Waals surface area contributed by atoms with E-state index in [1.807, 2.05) is 23.1 Å². The summed E-state index contributed by atoms with van der Waals surface area (Å²) in [6.45, 7) is 1.48. The van der Waals surface area contributed by atoms with Crippen LogP contribution in [0.15, 0.2) is 22.7 Å². The van der Waals surface area contributed by atoms with Gasteiger partial charge in [-0.2, -0.15) is 0 Å².